The number of rotatable bonds is 4. The van der Waals surface area contributed by atoms with E-state index in [4.69, 9.17) is 0 Å². The third-order valence-electron chi connectivity index (χ3n) is 11.4. The topological polar surface area (TPSA) is 3.24 Å². The molecule has 1 nitrogen and oxygen atoms in total. The SMILES string of the molecule is C1=Cc2c(c(-c3ccccc3)c3ccccc3c2-c2ccc3cc(-c4cc5c6c(cccc6c4)-c4ccccc4N5c4ccccc4)ccc3c2)CC1. The van der Waals surface area contributed by atoms with Crippen LogP contribution in [0.3, 0.4) is 0 Å². The van der Waals surface area contributed by atoms with E-state index in [9.17, 15) is 0 Å². The van der Waals surface area contributed by atoms with E-state index in [0.717, 1.165) is 12.8 Å². The van der Waals surface area contributed by atoms with Crippen molar-refractivity contribution in [3.8, 4) is 44.5 Å². The van der Waals surface area contributed by atoms with Gasteiger partial charge >= 0.3 is 0 Å². The Balaban J connectivity index is 1.07. The Bertz CT molecular complexity index is 2940. The lowest BCUT2D eigenvalue weighted by Gasteiger charge is -2.34. The molecule has 248 valence electrons. The zero-order chi connectivity index (χ0) is 34.9. The molecule has 0 radical (unpaired) electrons. The number of hydrogen-bond donors (Lipinski definition) is 0. The van der Waals surface area contributed by atoms with Crippen LogP contribution >= 0.6 is 0 Å². The van der Waals surface area contributed by atoms with Gasteiger partial charge in [-0.05, 0) is 132 Å². The second-order valence-corrected chi connectivity index (χ2v) is 14.4. The molecule has 0 saturated carbocycles. The lowest BCUT2D eigenvalue weighted by atomic mass is 9.80. The molecular formula is C52H35N. The maximum atomic E-state index is 2.43. The van der Waals surface area contributed by atoms with E-state index in [1.54, 1.807) is 0 Å². The van der Waals surface area contributed by atoms with Crippen molar-refractivity contribution in [2.45, 2.75) is 12.8 Å². The molecule has 1 heteroatoms. The van der Waals surface area contributed by atoms with E-state index < -0.39 is 0 Å². The maximum absolute atomic E-state index is 2.43. The number of nitrogens with zero attached hydrogens (tertiary/aromatic N) is 1. The van der Waals surface area contributed by atoms with Crippen molar-refractivity contribution in [3.05, 3.63) is 193 Å². The first kappa shape index (κ1) is 30.0. The molecule has 2 aliphatic rings. The first-order chi connectivity index (χ1) is 26.3. The lowest BCUT2D eigenvalue weighted by Crippen LogP contribution is -2.15. The van der Waals surface area contributed by atoms with Gasteiger partial charge < -0.3 is 4.90 Å². The highest BCUT2D eigenvalue weighted by atomic mass is 15.2. The fourth-order valence-electron chi connectivity index (χ4n) is 9.06. The summed E-state index contributed by atoms with van der Waals surface area (Å²) in [6.45, 7) is 0. The van der Waals surface area contributed by atoms with Gasteiger partial charge in [0.2, 0.25) is 0 Å². The highest BCUT2D eigenvalue weighted by molar-refractivity contribution is 6.15. The van der Waals surface area contributed by atoms with Gasteiger partial charge in [-0.3, -0.25) is 0 Å². The van der Waals surface area contributed by atoms with Crippen LogP contribution in [0.15, 0.2) is 182 Å². The Morgan fingerprint density at radius 3 is 1.91 bits per heavy atom. The Hall–Kier alpha value is -6.70. The molecular weight excluding hydrogens is 639 g/mol. The fourth-order valence-corrected chi connectivity index (χ4v) is 9.06. The van der Waals surface area contributed by atoms with Crippen molar-refractivity contribution in [2.24, 2.45) is 0 Å². The van der Waals surface area contributed by atoms with Gasteiger partial charge in [-0.25, -0.2) is 0 Å². The molecule has 1 aliphatic heterocycles. The second-order valence-electron chi connectivity index (χ2n) is 14.4. The van der Waals surface area contributed by atoms with Crippen LogP contribution < -0.4 is 4.90 Å². The molecule has 11 rings (SSSR count). The summed E-state index contributed by atoms with van der Waals surface area (Å²) in [4.78, 5) is 2.43. The van der Waals surface area contributed by atoms with E-state index in [-0.39, 0.29) is 0 Å². The van der Waals surface area contributed by atoms with Crippen molar-refractivity contribution < 1.29 is 0 Å². The van der Waals surface area contributed by atoms with Crippen molar-refractivity contribution in [1.82, 2.24) is 0 Å². The average molecular weight is 674 g/mol. The summed E-state index contributed by atoms with van der Waals surface area (Å²) < 4.78 is 0. The predicted molar refractivity (Wildman–Crippen MR) is 226 cm³/mol. The van der Waals surface area contributed by atoms with Gasteiger partial charge in [0.1, 0.15) is 0 Å². The van der Waals surface area contributed by atoms with E-state index in [0.29, 0.717) is 0 Å². The molecule has 1 heterocycles. The number of para-hydroxylation sites is 2. The number of hydrogen-bond acceptors (Lipinski definition) is 1. The summed E-state index contributed by atoms with van der Waals surface area (Å²) >= 11 is 0. The molecule has 0 fully saturated rings. The average Bonchev–Trinajstić information content (AvgIpc) is 3.23. The van der Waals surface area contributed by atoms with Crippen molar-refractivity contribution in [1.29, 1.82) is 0 Å². The van der Waals surface area contributed by atoms with Gasteiger partial charge in [-0.1, -0.05) is 146 Å². The summed E-state index contributed by atoms with van der Waals surface area (Å²) in [5.41, 5.74) is 16.7. The van der Waals surface area contributed by atoms with Gasteiger partial charge in [-0.2, -0.15) is 0 Å². The van der Waals surface area contributed by atoms with E-state index >= 15 is 0 Å². The minimum atomic E-state index is 1.05. The van der Waals surface area contributed by atoms with E-state index in [1.807, 2.05) is 0 Å². The number of anilines is 3. The molecule has 0 saturated heterocycles. The molecule has 0 spiro atoms. The summed E-state index contributed by atoms with van der Waals surface area (Å²) in [5.74, 6) is 0. The van der Waals surface area contributed by atoms with Crippen LogP contribution in [0.1, 0.15) is 17.5 Å². The molecule has 0 amide bonds. The molecule has 0 aromatic heterocycles. The van der Waals surface area contributed by atoms with Crippen LogP contribution in [-0.2, 0) is 6.42 Å². The third kappa shape index (κ3) is 4.71. The summed E-state index contributed by atoms with van der Waals surface area (Å²) in [7, 11) is 0. The highest BCUT2D eigenvalue weighted by Crippen LogP contribution is 2.52. The number of benzene rings is 9. The van der Waals surface area contributed by atoms with Gasteiger partial charge in [-0.15, -0.1) is 0 Å². The van der Waals surface area contributed by atoms with Crippen LogP contribution in [0.2, 0.25) is 0 Å². The first-order valence-corrected chi connectivity index (χ1v) is 18.7. The fraction of sp³-hybridized carbons (Fsp3) is 0.0385. The third-order valence-corrected chi connectivity index (χ3v) is 11.4. The van der Waals surface area contributed by atoms with Crippen molar-refractivity contribution >= 4 is 55.5 Å². The van der Waals surface area contributed by atoms with Crippen LogP contribution in [0.25, 0.3) is 82.9 Å². The Morgan fingerprint density at radius 1 is 0.415 bits per heavy atom. The van der Waals surface area contributed by atoms with Gasteiger partial charge in [0, 0.05) is 16.6 Å². The van der Waals surface area contributed by atoms with Gasteiger partial charge in [0.05, 0.1) is 11.4 Å². The monoisotopic (exact) mass is 673 g/mol. The quantitative estimate of drug-likeness (QED) is 0.180. The smallest absolute Gasteiger partial charge is 0.0552 e. The molecule has 9 aromatic carbocycles. The zero-order valence-corrected chi connectivity index (χ0v) is 29.3. The van der Waals surface area contributed by atoms with E-state index in [2.05, 4.69) is 193 Å². The zero-order valence-electron chi connectivity index (χ0n) is 29.3. The largest absolute Gasteiger partial charge is 0.309 e. The maximum Gasteiger partial charge on any atom is 0.0552 e. The normalized spacial score (nSPS) is 13.0. The molecule has 53 heavy (non-hydrogen) atoms. The highest BCUT2D eigenvalue weighted by Gasteiger charge is 2.27. The second kappa shape index (κ2) is 11.9. The number of allylic oxidation sites excluding steroid dienone is 1. The van der Waals surface area contributed by atoms with Crippen LogP contribution in [-0.4, -0.2) is 0 Å². The molecule has 0 N–H and O–H groups in total. The van der Waals surface area contributed by atoms with Crippen LogP contribution in [0.4, 0.5) is 17.1 Å². The molecule has 9 aromatic rings. The van der Waals surface area contributed by atoms with Crippen LogP contribution in [0.5, 0.6) is 0 Å². The number of fused-ring (bicyclic) bond motifs is 5. The minimum absolute atomic E-state index is 1.05. The van der Waals surface area contributed by atoms with Gasteiger partial charge in [0.15, 0.2) is 0 Å². The minimum Gasteiger partial charge on any atom is -0.309 e. The van der Waals surface area contributed by atoms with Crippen molar-refractivity contribution in [3.63, 3.8) is 0 Å². The van der Waals surface area contributed by atoms with Gasteiger partial charge in [0.25, 0.3) is 0 Å². The first-order valence-electron chi connectivity index (χ1n) is 18.7. The predicted octanol–water partition coefficient (Wildman–Crippen LogP) is 14.6. The Kier molecular flexibility index (Phi) is 6.75. The summed E-state index contributed by atoms with van der Waals surface area (Å²) in [6.07, 6.45) is 6.83. The van der Waals surface area contributed by atoms with E-state index in [1.165, 1.54) is 105 Å². The Morgan fingerprint density at radius 2 is 1.08 bits per heavy atom. The Labute approximate surface area is 309 Å². The lowest BCUT2D eigenvalue weighted by molar-refractivity contribution is 0.991. The summed E-state index contributed by atoms with van der Waals surface area (Å²) in [6, 6.07) is 65.0. The standard InChI is InChI=1S/C52H35N/c1-3-14-34(15-4-1)50-44-20-7-9-22-46(44)51(47-23-10-8-21-45(47)50)39-29-28-35-30-37(27-26-36(35)31-39)40-32-38-16-13-24-43-42-19-11-12-25-48(42)53(49(33-40)52(38)43)41-17-5-2-6-18-41/h1-7,9-20,22-33H,8,21H2. The van der Waals surface area contributed by atoms with Crippen LogP contribution in [0, 0.1) is 0 Å². The summed E-state index contributed by atoms with van der Waals surface area (Å²) in [5, 5.41) is 7.68. The van der Waals surface area contributed by atoms with Crippen molar-refractivity contribution in [2.75, 3.05) is 4.90 Å². The molecule has 1 aliphatic carbocycles. The molecule has 0 unspecified atom stereocenters. The molecule has 0 bridgehead atoms. The molecule has 0 atom stereocenters.